The predicted octanol–water partition coefficient (Wildman–Crippen LogP) is 2.43. The predicted molar refractivity (Wildman–Crippen MR) is 158 cm³/mol. The number of esters is 1. The lowest BCUT2D eigenvalue weighted by Crippen LogP contribution is -2.56. The molecule has 1 aliphatic rings. The van der Waals surface area contributed by atoms with E-state index in [9.17, 15) is 29.6 Å². The lowest BCUT2D eigenvalue weighted by molar-refractivity contribution is -0.758. The van der Waals surface area contributed by atoms with E-state index in [1.165, 1.54) is 19.1 Å². The van der Waals surface area contributed by atoms with Crippen LogP contribution in [0.4, 0.5) is 0 Å². The van der Waals surface area contributed by atoms with Crippen LogP contribution in [-0.2, 0) is 44.6 Å². The second kappa shape index (κ2) is 18.3. The summed E-state index contributed by atoms with van der Waals surface area (Å²) in [4.78, 5) is 54.8. The number of hydrogen-bond donors (Lipinski definition) is 2. The van der Waals surface area contributed by atoms with Crippen LogP contribution in [-0.4, -0.2) is 98.3 Å². The van der Waals surface area contributed by atoms with Gasteiger partial charge in [0, 0.05) is 13.0 Å². The van der Waals surface area contributed by atoms with Crippen molar-refractivity contribution in [2.45, 2.75) is 51.2 Å². The van der Waals surface area contributed by atoms with Crippen LogP contribution in [0, 0.1) is 10.1 Å². The number of carboxylic acids is 1. The number of aryl methyl sites for hydroxylation is 1. The molecule has 1 aliphatic heterocycles. The molecule has 0 bridgehead atoms. The number of aliphatic carboxylic acids is 1. The van der Waals surface area contributed by atoms with E-state index in [2.05, 4.69) is 16.7 Å². The van der Waals surface area contributed by atoms with Crippen molar-refractivity contribution in [1.82, 2.24) is 10.2 Å². The molecule has 3 unspecified atom stereocenters. The summed E-state index contributed by atoms with van der Waals surface area (Å²) in [5.41, 5.74) is 2.47. The third-order valence-electron chi connectivity index (χ3n) is 6.93. The quantitative estimate of drug-likeness (QED) is 0.0578. The summed E-state index contributed by atoms with van der Waals surface area (Å²) in [7, 11) is 2.90. The summed E-state index contributed by atoms with van der Waals surface area (Å²) in [6.07, 6.45) is 2.53. The van der Waals surface area contributed by atoms with Gasteiger partial charge in [0.25, 0.3) is 5.09 Å². The van der Waals surface area contributed by atoms with E-state index in [0.717, 1.165) is 11.1 Å². The number of methoxy groups -OCH3 is 2. The molecule has 2 rings (SSSR count). The SMILES string of the molecule is C=C(OC)/C(=C\C1=C(C)CN(C(=O)C(C)NC(CCc2ccccc2)C(=O)O)C(C(=O)OCCOCCO[N+](=O)[O-])C1)OC. The Morgan fingerprint density at radius 2 is 1.84 bits per heavy atom. The number of hydrogen-bond acceptors (Lipinski definition) is 11. The molecule has 0 saturated heterocycles. The first kappa shape index (κ1) is 35.8. The van der Waals surface area contributed by atoms with Crippen molar-refractivity contribution >= 4 is 17.8 Å². The van der Waals surface area contributed by atoms with E-state index in [1.54, 1.807) is 13.0 Å². The average Bonchev–Trinajstić information content (AvgIpc) is 3.00. The number of carboxylic acid groups (broad SMARTS) is 1. The Morgan fingerprint density at radius 3 is 2.45 bits per heavy atom. The maximum absolute atomic E-state index is 13.7. The summed E-state index contributed by atoms with van der Waals surface area (Å²) in [5, 5.41) is 22.0. The van der Waals surface area contributed by atoms with Crippen LogP contribution in [0.25, 0.3) is 0 Å². The first-order valence-corrected chi connectivity index (χ1v) is 14.0. The Bertz CT molecular complexity index is 1220. The van der Waals surface area contributed by atoms with E-state index in [-0.39, 0.29) is 51.6 Å². The summed E-state index contributed by atoms with van der Waals surface area (Å²) < 4.78 is 21.1. The molecule has 0 fully saturated rings. The number of ether oxygens (including phenoxy) is 4. The molecule has 0 aromatic heterocycles. The van der Waals surface area contributed by atoms with Crippen LogP contribution in [0.1, 0.15) is 32.3 Å². The smallest absolute Gasteiger partial charge is 0.329 e. The van der Waals surface area contributed by atoms with Crippen LogP contribution in [0.2, 0.25) is 0 Å². The summed E-state index contributed by atoms with van der Waals surface area (Å²) in [6.45, 7) is 6.69. The van der Waals surface area contributed by atoms with Gasteiger partial charge < -0.3 is 33.8 Å². The molecule has 2 N–H and O–H groups in total. The van der Waals surface area contributed by atoms with Gasteiger partial charge in [-0.1, -0.05) is 42.5 Å². The maximum atomic E-state index is 13.7. The van der Waals surface area contributed by atoms with Crippen molar-refractivity contribution in [2.75, 3.05) is 47.2 Å². The first-order chi connectivity index (χ1) is 21.0. The van der Waals surface area contributed by atoms with Gasteiger partial charge in [-0.05, 0) is 43.9 Å². The van der Waals surface area contributed by atoms with Gasteiger partial charge in [0.15, 0.2) is 11.5 Å². The minimum Gasteiger partial charge on any atom is -0.494 e. The zero-order chi connectivity index (χ0) is 32.6. The Kier molecular flexibility index (Phi) is 14.9. The summed E-state index contributed by atoms with van der Waals surface area (Å²) >= 11 is 0. The number of rotatable bonds is 19. The van der Waals surface area contributed by atoms with Crippen LogP contribution in [0.3, 0.4) is 0 Å². The number of allylic oxidation sites excluding steroid dienone is 1. The van der Waals surface area contributed by atoms with E-state index >= 15 is 0 Å². The van der Waals surface area contributed by atoms with Gasteiger partial charge >= 0.3 is 11.9 Å². The van der Waals surface area contributed by atoms with Crippen LogP contribution < -0.4 is 5.32 Å². The average molecular weight is 620 g/mol. The van der Waals surface area contributed by atoms with Crippen molar-refractivity contribution in [1.29, 1.82) is 0 Å². The van der Waals surface area contributed by atoms with Crippen LogP contribution in [0.15, 0.2) is 65.7 Å². The first-order valence-electron chi connectivity index (χ1n) is 14.0. The second-order valence-corrected chi connectivity index (χ2v) is 9.97. The largest absolute Gasteiger partial charge is 0.494 e. The standard InChI is InChI=1S/C30H41N3O11/c1-20-19-32(28(34)21(2)31-25(29(35)36)12-11-23-9-7-6-8-10-23)26(17-24(20)18-27(41-5)22(3)40-4)30(37)43-15-13-42-14-16-44-33(38)39/h6-10,18,21,25-26,31H,3,11-17,19H2,1-2,4-5H3,(H,35,36)/b27-18+. The zero-order valence-electron chi connectivity index (χ0n) is 25.5. The number of nitrogens with one attached hydrogen (secondary N) is 1. The maximum Gasteiger partial charge on any atom is 0.329 e. The highest BCUT2D eigenvalue weighted by Gasteiger charge is 2.38. The van der Waals surface area contributed by atoms with E-state index in [1.807, 2.05) is 37.3 Å². The third-order valence-corrected chi connectivity index (χ3v) is 6.93. The van der Waals surface area contributed by atoms with Gasteiger partial charge in [0.1, 0.15) is 25.3 Å². The number of nitrogens with zero attached hydrogens (tertiary/aromatic N) is 2. The normalized spacial score (nSPS) is 16.5. The molecule has 0 aliphatic carbocycles. The van der Waals surface area contributed by atoms with Gasteiger partial charge in [-0.15, -0.1) is 10.1 Å². The Morgan fingerprint density at radius 1 is 1.16 bits per heavy atom. The minimum absolute atomic E-state index is 0.0454. The Hall–Kier alpha value is -4.43. The lowest BCUT2D eigenvalue weighted by Gasteiger charge is -2.37. The lowest BCUT2D eigenvalue weighted by atomic mass is 9.93. The van der Waals surface area contributed by atoms with Gasteiger partial charge in [-0.3, -0.25) is 14.9 Å². The van der Waals surface area contributed by atoms with Crippen molar-refractivity contribution in [3.8, 4) is 0 Å². The highest BCUT2D eigenvalue weighted by molar-refractivity contribution is 5.89. The molecule has 1 heterocycles. The Labute approximate surface area is 256 Å². The van der Waals surface area contributed by atoms with Crippen LogP contribution in [0.5, 0.6) is 0 Å². The number of carbonyl (C=O) groups excluding carboxylic acids is 2. The Balaban J connectivity index is 2.19. The van der Waals surface area contributed by atoms with Gasteiger partial charge in [0.05, 0.1) is 33.5 Å². The zero-order valence-corrected chi connectivity index (χ0v) is 25.5. The van der Waals surface area contributed by atoms with Crippen molar-refractivity contribution in [3.05, 3.63) is 81.3 Å². The monoisotopic (exact) mass is 619 g/mol. The highest BCUT2D eigenvalue weighted by Crippen LogP contribution is 2.28. The second-order valence-electron chi connectivity index (χ2n) is 9.97. The molecular formula is C30H41N3O11. The number of benzene rings is 1. The van der Waals surface area contributed by atoms with Gasteiger partial charge in [-0.25, -0.2) is 4.79 Å². The minimum atomic E-state index is -1.09. The van der Waals surface area contributed by atoms with Crippen molar-refractivity contribution in [3.63, 3.8) is 0 Å². The molecular weight excluding hydrogens is 578 g/mol. The van der Waals surface area contributed by atoms with Gasteiger partial charge in [0.2, 0.25) is 5.91 Å². The fourth-order valence-electron chi connectivity index (χ4n) is 4.52. The topological polar surface area (TPSA) is 176 Å². The molecule has 0 saturated carbocycles. The molecule has 44 heavy (non-hydrogen) atoms. The molecule has 242 valence electrons. The highest BCUT2D eigenvalue weighted by atomic mass is 17.0. The molecule has 14 heteroatoms. The van der Waals surface area contributed by atoms with Gasteiger partial charge in [-0.2, -0.15) is 0 Å². The molecule has 3 atom stereocenters. The van der Waals surface area contributed by atoms with Crippen molar-refractivity contribution < 1.29 is 48.4 Å². The number of carbonyl (C=O) groups is 3. The third kappa shape index (κ3) is 11.3. The molecule has 0 spiro atoms. The number of amides is 1. The molecule has 1 aromatic rings. The fourth-order valence-corrected chi connectivity index (χ4v) is 4.52. The van der Waals surface area contributed by atoms with Crippen LogP contribution >= 0.6 is 0 Å². The summed E-state index contributed by atoms with van der Waals surface area (Å²) in [5.74, 6) is -1.64. The fraction of sp³-hybridized carbons (Fsp3) is 0.500. The molecule has 1 aromatic carbocycles. The molecule has 0 radical (unpaired) electrons. The summed E-state index contributed by atoms with van der Waals surface area (Å²) in [6, 6.07) is 6.46. The molecule has 14 nitrogen and oxygen atoms in total. The van der Waals surface area contributed by atoms with E-state index in [4.69, 9.17) is 18.9 Å². The van der Waals surface area contributed by atoms with E-state index in [0.29, 0.717) is 17.8 Å². The van der Waals surface area contributed by atoms with E-state index < -0.39 is 41.1 Å². The van der Waals surface area contributed by atoms with Crippen molar-refractivity contribution in [2.24, 2.45) is 0 Å². The molecule has 1 amide bonds.